The standard InChI is InChI=1S/C26H25N3O3/c1-15-22(30)9-8-18-19-10-11-25(32)14-26(19,24(31)16(25)2)20(23(15)18)12-29-13-21(27-28-29)17-6-4-3-5-7-17/h3-9,13,19-20,30,32H,2,10-12,14H2,1H3/t19-,20-,25-,26+/m0/s1. The molecule has 3 aliphatic rings. The van der Waals surface area contributed by atoms with Crippen LogP contribution in [0.4, 0.5) is 0 Å². The Labute approximate surface area is 186 Å². The minimum atomic E-state index is -1.14. The summed E-state index contributed by atoms with van der Waals surface area (Å²) in [5, 5.41) is 30.5. The number of ketones is 1. The van der Waals surface area contributed by atoms with Crippen LogP contribution in [0.3, 0.4) is 0 Å². The molecule has 0 unspecified atom stereocenters. The van der Waals surface area contributed by atoms with Crippen LogP contribution < -0.4 is 0 Å². The van der Waals surface area contributed by atoms with Crippen LogP contribution in [0, 0.1) is 12.3 Å². The smallest absolute Gasteiger partial charge is 0.168 e. The highest BCUT2D eigenvalue weighted by Crippen LogP contribution is 2.70. The van der Waals surface area contributed by atoms with Gasteiger partial charge in [-0.2, -0.15) is 0 Å². The average Bonchev–Trinajstić information content (AvgIpc) is 3.41. The first-order valence-electron chi connectivity index (χ1n) is 11.1. The molecule has 3 aliphatic carbocycles. The Morgan fingerprint density at radius 2 is 2.00 bits per heavy atom. The summed E-state index contributed by atoms with van der Waals surface area (Å²) in [5.41, 5.74) is 3.11. The molecule has 1 spiro atoms. The van der Waals surface area contributed by atoms with Crippen molar-refractivity contribution in [3.63, 3.8) is 0 Å². The number of nitrogens with zero attached hydrogens (tertiary/aromatic N) is 3. The third kappa shape index (κ3) is 2.36. The van der Waals surface area contributed by atoms with Gasteiger partial charge in [-0.3, -0.25) is 9.48 Å². The van der Waals surface area contributed by atoms with E-state index in [9.17, 15) is 15.0 Å². The predicted molar refractivity (Wildman–Crippen MR) is 119 cm³/mol. The third-order valence-electron chi connectivity index (χ3n) is 8.16. The van der Waals surface area contributed by atoms with E-state index in [1.165, 1.54) is 0 Å². The van der Waals surface area contributed by atoms with Crippen LogP contribution in [0.5, 0.6) is 5.75 Å². The van der Waals surface area contributed by atoms with Crippen LogP contribution in [-0.4, -0.2) is 36.6 Å². The van der Waals surface area contributed by atoms with E-state index < -0.39 is 11.0 Å². The number of hydrogen-bond acceptors (Lipinski definition) is 5. The predicted octanol–water partition coefficient (Wildman–Crippen LogP) is 3.88. The number of aliphatic hydroxyl groups is 1. The largest absolute Gasteiger partial charge is 0.508 e. The van der Waals surface area contributed by atoms with Crippen molar-refractivity contribution in [3.8, 4) is 17.0 Å². The SMILES string of the molecule is C=C1C(=O)[C@]23C[C@@]1(O)CC[C@H]2c1ccc(O)c(C)c1[C@@H]3Cn1cc(-c2ccccc2)nn1. The Morgan fingerprint density at radius 1 is 1.22 bits per heavy atom. The highest BCUT2D eigenvalue weighted by Gasteiger charge is 2.69. The monoisotopic (exact) mass is 427 g/mol. The number of hydrogen-bond donors (Lipinski definition) is 2. The van der Waals surface area contributed by atoms with Gasteiger partial charge in [0.15, 0.2) is 5.78 Å². The van der Waals surface area contributed by atoms with E-state index in [0.29, 0.717) is 25.0 Å². The van der Waals surface area contributed by atoms with Gasteiger partial charge in [-0.15, -0.1) is 5.10 Å². The molecule has 6 heteroatoms. The summed E-state index contributed by atoms with van der Waals surface area (Å²) in [4.78, 5) is 13.7. The van der Waals surface area contributed by atoms with E-state index in [4.69, 9.17) is 0 Å². The number of phenols is 1. The second kappa shape index (κ2) is 6.39. The maximum absolute atomic E-state index is 13.7. The number of Topliss-reactive ketones (excluding diaryl/α,β-unsaturated/α-hetero) is 1. The van der Waals surface area contributed by atoms with Crippen molar-refractivity contribution in [3.05, 3.63) is 77.5 Å². The molecule has 0 amide bonds. The number of aromatic hydroxyl groups is 1. The highest BCUT2D eigenvalue weighted by molar-refractivity contribution is 6.06. The molecular formula is C26H25N3O3. The lowest BCUT2D eigenvalue weighted by Gasteiger charge is -2.41. The molecule has 6 rings (SSSR count). The van der Waals surface area contributed by atoms with Crippen LogP contribution in [0.15, 0.2) is 60.8 Å². The van der Waals surface area contributed by atoms with Gasteiger partial charge in [0.05, 0.1) is 23.8 Å². The topological polar surface area (TPSA) is 88.2 Å². The molecule has 2 bridgehead atoms. The minimum absolute atomic E-state index is 0.00550. The van der Waals surface area contributed by atoms with Crippen molar-refractivity contribution in [1.29, 1.82) is 0 Å². The maximum atomic E-state index is 13.7. The molecule has 2 N–H and O–H groups in total. The van der Waals surface area contributed by atoms with E-state index >= 15 is 0 Å². The Balaban J connectivity index is 1.49. The van der Waals surface area contributed by atoms with Crippen LogP contribution in [0.25, 0.3) is 11.3 Å². The van der Waals surface area contributed by atoms with Gasteiger partial charge in [0.1, 0.15) is 11.4 Å². The van der Waals surface area contributed by atoms with Crippen molar-refractivity contribution in [2.45, 2.75) is 50.2 Å². The van der Waals surface area contributed by atoms with Gasteiger partial charge in [-0.25, -0.2) is 0 Å². The van der Waals surface area contributed by atoms with Gasteiger partial charge in [0.2, 0.25) is 0 Å². The lowest BCUT2D eigenvalue weighted by molar-refractivity contribution is -0.126. The molecule has 4 atom stereocenters. The van der Waals surface area contributed by atoms with E-state index in [1.54, 1.807) is 10.7 Å². The van der Waals surface area contributed by atoms with Crippen LogP contribution >= 0.6 is 0 Å². The maximum Gasteiger partial charge on any atom is 0.168 e. The number of aromatic nitrogens is 3. The molecule has 3 aromatic rings. The van der Waals surface area contributed by atoms with E-state index in [-0.39, 0.29) is 23.4 Å². The Kier molecular flexibility index (Phi) is 3.88. The fraction of sp³-hybridized carbons (Fsp3) is 0.346. The lowest BCUT2D eigenvalue weighted by atomic mass is 9.62. The summed E-state index contributed by atoms with van der Waals surface area (Å²) < 4.78 is 1.79. The molecule has 6 nitrogen and oxygen atoms in total. The van der Waals surface area contributed by atoms with Crippen molar-refractivity contribution in [1.82, 2.24) is 15.0 Å². The van der Waals surface area contributed by atoms with Gasteiger partial charge in [-0.1, -0.05) is 48.2 Å². The van der Waals surface area contributed by atoms with Crippen LogP contribution in [0.1, 0.15) is 47.8 Å². The average molecular weight is 428 g/mol. The fourth-order valence-corrected chi connectivity index (χ4v) is 6.61. The van der Waals surface area contributed by atoms with Crippen LogP contribution in [-0.2, 0) is 11.3 Å². The number of fused-ring (bicyclic) bond motifs is 3. The second-order valence-electron chi connectivity index (χ2n) is 9.60. The molecule has 0 aliphatic heterocycles. The first-order chi connectivity index (χ1) is 15.3. The molecule has 1 heterocycles. The molecule has 162 valence electrons. The summed E-state index contributed by atoms with van der Waals surface area (Å²) in [6.07, 6.45) is 3.54. The zero-order valence-electron chi connectivity index (χ0n) is 18.0. The van der Waals surface area contributed by atoms with Crippen molar-refractivity contribution < 1.29 is 15.0 Å². The molecule has 1 aromatic heterocycles. The highest BCUT2D eigenvalue weighted by atomic mass is 16.3. The number of phenolic OH excluding ortho intramolecular Hbond substituents is 1. The first-order valence-corrected chi connectivity index (χ1v) is 11.1. The second-order valence-corrected chi connectivity index (χ2v) is 9.60. The first kappa shape index (κ1) is 19.4. The number of benzene rings is 2. The van der Waals surface area contributed by atoms with E-state index in [2.05, 4.69) is 16.9 Å². The summed E-state index contributed by atoms with van der Waals surface area (Å²) >= 11 is 0. The summed E-state index contributed by atoms with van der Waals surface area (Å²) in [6, 6.07) is 13.5. The summed E-state index contributed by atoms with van der Waals surface area (Å²) in [7, 11) is 0. The molecule has 0 saturated heterocycles. The number of rotatable bonds is 3. The fourth-order valence-electron chi connectivity index (χ4n) is 6.61. The zero-order chi connectivity index (χ0) is 22.3. The van der Waals surface area contributed by atoms with E-state index in [0.717, 1.165) is 34.4 Å². The summed E-state index contributed by atoms with van der Waals surface area (Å²) in [6.45, 7) is 6.37. The Hall–Kier alpha value is -3.25. The van der Waals surface area contributed by atoms with Gasteiger partial charge < -0.3 is 10.2 Å². The number of carbonyl (C=O) groups excluding carboxylic acids is 1. The molecule has 32 heavy (non-hydrogen) atoms. The normalized spacial score (nSPS) is 30.4. The van der Waals surface area contributed by atoms with Crippen molar-refractivity contribution in [2.75, 3.05) is 0 Å². The minimum Gasteiger partial charge on any atom is -0.508 e. The van der Waals surface area contributed by atoms with Crippen molar-refractivity contribution in [2.24, 2.45) is 5.41 Å². The molecule has 2 fully saturated rings. The van der Waals surface area contributed by atoms with Gasteiger partial charge in [0, 0.05) is 17.1 Å². The van der Waals surface area contributed by atoms with Gasteiger partial charge >= 0.3 is 0 Å². The van der Waals surface area contributed by atoms with Crippen LogP contribution in [0.2, 0.25) is 0 Å². The molecule has 2 aromatic carbocycles. The van der Waals surface area contributed by atoms with Gasteiger partial charge in [-0.05, 0) is 54.9 Å². The molecular weight excluding hydrogens is 402 g/mol. The van der Waals surface area contributed by atoms with E-state index in [1.807, 2.05) is 49.5 Å². The molecule has 0 radical (unpaired) electrons. The zero-order valence-corrected chi connectivity index (χ0v) is 18.0. The van der Waals surface area contributed by atoms with Gasteiger partial charge in [0.25, 0.3) is 0 Å². The lowest BCUT2D eigenvalue weighted by Crippen LogP contribution is -2.41. The molecule has 2 saturated carbocycles. The number of carbonyl (C=O) groups is 1. The Morgan fingerprint density at radius 3 is 2.78 bits per heavy atom. The van der Waals surface area contributed by atoms with Crippen molar-refractivity contribution >= 4 is 5.78 Å². The summed E-state index contributed by atoms with van der Waals surface area (Å²) in [5.74, 6) is -0.0256. The Bertz CT molecular complexity index is 1280. The quantitative estimate of drug-likeness (QED) is 0.620. The third-order valence-corrected chi connectivity index (χ3v) is 8.16.